The second kappa shape index (κ2) is 4.87. The molecule has 0 unspecified atom stereocenters. The maximum absolute atomic E-state index is 11.8. The van der Waals surface area contributed by atoms with E-state index in [9.17, 15) is 4.79 Å². The number of hydrogen-bond donors (Lipinski definition) is 0. The van der Waals surface area contributed by atoms with Crippen molar-refractivity contribution in [3.8, 4) is 0 Å². The Morgan fingerprint density at radius 2 is 2.24 bits per heavy atom. The van der Waals surface area contributed by atoms with Crippen molar-refractivity contribution in [3.05, 3.63) is 34.2 Å². The van der Waals surface area contributed by atoms with E-state index in [1.807, 2.05) is 29.5 Å². The highest BCUT2D eigenvalue weighted by Gasteiger charge is 2.19. The zero-order valence-corrected chi connectivity index (χ0v) is 11.3. The predicted molar refractivity (Wildman–Crippen MR) is 68.2 cm³/mol. The highest BCUT2D eigenvalue weighted by molar-refractivity contribution is 9.10. The number of aryl methyl sites for hydroxylation is 1. The van der Waals surface area contributed by atoms with E-state index in [1.54, 1.807) is 6.92 Å². The SMILES string of the molecule is CCOC(=O)c1nc2cccc(Br)n2c1CC. The van der Waals surface area contributed by atoms with Crippen LogP contribution in [0.4, 0.5) is 0 Å². The minimum Gasteiger partial charge on any atom is -0.461 e. The summed E-state index contributed by atoms with van der Waals surface area (Å²) in [6, 6.07) is 5.68. The van der Waals surface area contributed by atoms with E-state index < -0.39 is 0 Å². The summed E-state index contributed by atoms with van der Waals surface area (Å²) >= 11 is 3.46. The minimum atomic E-state index is -0.361. The van der Waals surface area contributed by atoms with Crippen molar-refractivity contribution in [2.24, 2.45) is 0 Å². The highest BCUT2D eigenvalue weighted by atomic mass is 79.9. The molecule has 90 valence electrons. The Hall–Kier alpha value is -1.36. The number of halogens is 1. The quantitative estimate of drug-likeness (QED) is 0.646. The number of esters is 1. The van der Waals surface area contributed by atoms with Gasteiger partial charge in [-0.2, -0.15) is 0 Å². The van der Waals surface area contributed by atoms with Gasteiger partial charge in [-0.15, -0.1) is 0 Å². The topological polar surface area (TPSA) is 43.6 Å². The molecule has 0 aromatic carbocycles. The Kier molecular flexibility index (Phi) is 3.47. The Morgan fingerprint density at radius 1 is 1.47 bits per heavy atom. The monoisotopic (exact) mass is 296 g/mol. The molecule has 5 heteroatoms. The number of nitrogens with zero attached hydrogens (tertiary/aromatic N) is 2. The van der Waals surface area contributed by atoms with Gasteiger partial charge in [0, 0.05) is 0 Å². The fourth-order valence-corrected chi connectivity index (χ4v) is 2.35. The van der Waals surface area contributed by atoms with Gasteiger partial charge in [-0.1, -0.05) is 13.0 Å². The normalized spacial score (nSPS) is 10.8. The van der Waals surface area contributed by atoms with Gasteiger partial charge < -0.3 is 4.74 Å². The van der Waals surface area contributed by atoms with Crippen LogP contribution in [0, 0.1) is 0 Å². The zero-order chi connectivity index (χ0) is 12.4. The van der Waals surface area contributed by atoms with Crippen molar-refractivity contribution in [2.75, 3.05) is 6.61 Å². The third-order valence-electron chi connectivity index (χ3n) is 2.50. The second-order valence-corrected chi connectivity index (χ2v) is 4.34. The van der Waals surface area contributed by atoms with E-state index in [0.717, 1.165) is 22.4 Å². The van der Waals surface area contributed by atoms with Crippen LogP contribution in [0.3, 0.4) is 0 Å². The molecule has 2 aromatic rings. The average Bonchev–Trinajstić information content (AvgIpc) is 2.69. The van der Waals surface area contributed by atoms with Gasteiger partial charge in [0.15, 0.2) is 5.69 Å². The second-order valence-electron chi connectivity index (χ2n) is 3.52. The van der Waals surface area contributed by atoms with Crippen LogP contribution in [-0.4, -0.2) is 22.0 Å². The molecule has 0 aliphatic carbocycles. The van der Waals surface area contributed by atoms with E-state index >= 15 is 0 Å². The van der Waals surface area contributed by atoms with Crippen LogP contribution in [0.1, 0.15) is 30.0 Å². The molecule has 0 amide bonds. The Balaban J connectivity index is 2.64. The molecule has 0 spiro atoms. The number of carbonyl (C=O) groups is 1. The average molecular weight is 297 g/mol. The summed E-state index contributed by atoms with van der Waals surface area (Å²) in [5, 5.41) is 0. The third kappa shape index (κ3) is 2.07. The number of rotatable bonds is 3. The molecule has 2 rings (SSSR count). The first kappa shape index (κ1) is 12.1. The summed E-state index contributed by atoms with van der Waals surface area (Å²) < 4.78 is 7.82. The molecule has 2 aromatic heterocycles. The lowest BCUT2D eigenvalue weighted by Crippen LogP contribution is -2.08. The molecule has 0 bridgehead atoms. The van der Waals surface area contributed by atoms with E-state index in [1.165, 1.54) is 0 Å². The van der Waals surface area contributed by atoms with Crippen LogP contribution in [-0.2, 0) is 11.2 Å². The maximum Gasteiger partial charge on any atom is 0.358 e. The van der Waals surface area contributed by atoms with Gasteiger partial charge in [0.1, 0.15) is 5.65 Å². The van der Waals surface area contributed by atoms with E-state index in [0.29, 0.717) is 12.3 Å². The summed E-state index contributed by atoms with van der Waals surface area (Å²) in [4.78, 5) is 16.1. The predicted octanol–water partition coefficient (Wildman–Crippen LogP) is 2.84. The van der Waals surface area contributed by atoms with Crippen LogP contribution >= 0.6 is 15.9 Å². The largest absolute Gasteiger partial charge is 0.461 e. The fraction of sp³-hybridized carbons (Fsp3) is 0.333. The molecule has 0 atom stereocenters. The van der Waals surface area contributed by atoms with Crippen molar-refractivity contribution < 1.29 is 9.53 Å². The van der Waals surface area contributed by atoms with Crippen LogP contribution in [0.5, 0.6) is 0 Å². The molecular weight excluding hydrogens is 284 g/mol. The van der Waals surface area contributed by atoms with Crippen molar-refractivity contribution in [1.82, 2.24) is 9.38 Å². The van der Waals surface area contributed by atoms with E-state index in [2.05, 4.69) is 20.9 Å². The number of carbonyl (C=O) groups excluding carboxylic acids is 1. The molecule has 0 aliphatic rings. The summed E-state index contributed by atoms with van der Waals surface area (Å²) in [7, 11) is 0. The van der Waals surface area contributed by atoms with Gasteiger partial charge in [0.25, 0.3) is 0 Å². The number of hydrogen-bond acceptors (Lipinski definition) is 3. The van der Waals surface area contributed by atoms with Crippen molar-refractivity contribution in [1.29, 1.82) is 0 Å². The number of ether oxygens (including phenoxy) is 1. The van der Waals surface area contributed by atoms with Crippen LogP contribution in [0.15, 0.2) is 22.8 Å². The lowest BCUT2D eigenvalue weighted by Gasteiger charge is -2.03. The van der Waals surface area contributed by atoms with Crippen molar-refractivity contribution in [2.45, 2.75) is 20.3 Å². The zero-order valence-electron chi connectivity index (χ0n) is 9.74. The molecule has 0 aliphatic heterocycles. The third-order valence-corrected chi connectivity index (χ3v) is 3.11. The number of pyridine rings is 1. The smallest absolute Gasteiger partial charge is 0.358 e. The Labute approximate surface area is 108 Å². The lowest BCUT2D eigenvalue weighted by molar-refractivity contribution is 0.0519. The van der Waals surface area contributed by atoms with Crippen molar-refractivity contribution >= 4 is 27.5 Å². The van der Waals surface area contributed by atoms with Gasteiger partial charge in [-0.25, -0.2) is 9.78 Å². The van der Waals surface area contributed by atoms with Gasteiger partial charge >= 0.3 is 5.97 Å². The molecule has 0 radical (unpaired) electrons. The van der Waals surface area contributed by atoms with Gasteiger partial charge in [0.2, 0.25) is 0 Å². The molecular formula is C12H13BrN2O2. The summed E-state index contributed by atoms with van der Waals surface area (Å²) in [5.74, 6) is -0.361. The summed E-state index contributed by atoms with van der Waals surface area (Å²) in [6.45, 7) is 4.14. The van der Waals surface area contributed by atoms with Crippen LogP contribution in [0.25, 0.3) is 5.65 Å². The minimum absolute atomic E-state index is 0.358. The fourth-order valence-electron chi connectivity index (χ4n) is 1.80. The molecule has 0 N–H and O–H groups in total. The van der Waals surface area contributed by atoms with Crippen LogP contribution < -0.4 is 0 Å². The number of fused-ring (bicyclic) bond motifs is 1. The van der Waals surface area contributed by atoms with E-state index in [4.69, 9.17) is 4.74 Å². The summed E-state index contributed by atoms with van der Waals surface area (Å²) in [5.41, 5.74) is 2.02. The molecule has 0 saturated heterocycles. The summed E-state index contributed by atoms with van der Waals surface area (Å²) in [6.07, 6.45) is 0.720. The molecule has 4 nitrogen and oxygen atoms in total. The van der Waals surface area contributed by atoms with Gasteiger partial charge in [-0.3, -0.25) is 4.40 Å². The highest BCUT2D eigenvalue weighted by Crippen LogP contribution is 2.20. The van der Waals surface area contributed by atoms with Gasteiger partial charge in [-0.05, 0) is 41.4 Å². The molecule has 2 heterocycles. The molecule has 0 saturated carbocycles. The first-order chi connectivity index (χ1) is 8.19. The Bertz CT molecular complexity index is 563. The van der Waals surface area contributed by atoms with Gasteiger partial charge in [0.05, 0.1) is 16.9 Å². The number of aromatic nitrogens is 2. The van der Waals surface area contributed by atoms with E-state index in [-0.39, 0.29) is 5.97 Å². The standard InChI is InChI=1S/C12H13BrN2O2/c1-3-8-11(12(16)17-4-2)14-10-7-5-6-9(13)15(8)10/h5-7H,3-4H2,1-2H3. The maximum atomic E-state index is 11.8. The first-order valence-electron chi connectivity index (χ1n) is 5.52. The number of imidazole rings is 1. The van der Waals surface area contributed by atoms with Crippen LogP contribution in [0.2, 0.25) is 0 Å². The first-order valence-corrected chi connectivity index (χ1v) is 6.31. The molecule has 17 heavy (non-hydrogen) atoms. The van der Waals surface area contributed by atoms with Crippen molar-refractivity contribution in [3.63, 3.8) is 0 Å². The molecule has 0 fully saturated rings. The Morgan fingerprint density at radius 3 is 2.88 bits per heavy atom. The lowest BCUT2D eigenvalue weighted by atomic mass is 10.2.